The van der Waals surface area contributed by atoms with Crippen molar-refractivity contribution in [3.05, 3.63) is 53.4 Å². The molecule has 2 N–H and O–H groups in total. The third kappa shape index (κ3) is 3.39. The summed E-state index contributed by atoms with van der Waals surface area (Å²) >= 11 is 0. The maximum Gasteiger partial charge on any atom is 0.417 e. The number of guanidine groups is 1. The highest BCUT2D eigenvalue weighted by Gasteiger charge is 2.52. The summed E-state index contributed by atoms with van der Waals surface area (Å²) in [6, 6.07) is 4.25. The number of pyridine rings is 1. The Morgan fingerprint density at radius 3 is 2.59 bits per heavy atom. The lowest BCUT2D eigenvalue weighted by atomic mass is 9.65. The van der Waals surface area contributed by atoms with E-state index in [4.69, 9.17) is 5.73 Å². The Hall–Kier alpha value is -3.15. The molecule has 1 aromatic rings. The van der Waals surface area contributed by atoms with Crippen LogP contribution < -0.4 is 5.73 Å². The number of likely N-dealkylation sites (N-methyl/N-ethyl adjacent to an activating group) is 1. The number of nitrogens with zero attached hydrogens (tertiary/aromatic N) is 4. The zero-order valence-electron chi connectivity index (χ0n) is 16.1. The minimum Gasteiger partial charge on any atom is -0.369 e. The number of hydrogen-bond donors (Lipinski definition) is 1. The predicted molar refractivity (Wildman–Crippen MR) is 100 cm³/mol. The van der Waals surface area contributed by atoms with Crippen molar-refractivity contribution < 1.29 is 18.0 Å². The monoisotopic (exact) mass is 403 g/mol. The number of hydrogen-bond acceptors (Lipinski definition) is 5. The first-order valence-electron chi connectivity index (χ1n) is 8.95. The van der Waals surface area contributed by atoms with E-state index >= 15 is 0 Å². The van der Waals surface area contributed by atoms with Crippen LogP contribution in [0.5, 0.6) is 0 Å². The first kappa shape index (κ1) is 20.6. The molecule has 2 aliphatic rings. The summed E-state index contributed by atoms with van der Waals surface area (Å²) in [5, 5.41) is 9.39. The van der Waals surface area contributed by atoms with Gasteiger partial charge in [-0.25, -0.2) is 4.99 Å². The molecule has 1 amide bonds. The van der Waals surface area contributed by atoms with Gasteiger partial charge in [-0.15, -0.1) is 0 Å². The first-order chi connectivity index (χ1) is 13.5. The van der Waals surface area contributed by atoms with Crippen molar-refractivity contribution in [2.24, 2.45) is 22.6 Å². The van der Waals surface area contributed by atoms with Gasteiger partial charge in [-0.1, -0.05) is 19.1 Å². The topological polar surface area (TPSA) is 95.4 Å². The Bertz CT molecular complexity index is 958. The number of aliphatic imine (C=N–C) groups is 1. The lowest BCUT2D eigenvalue weighted by molar-refractivity contribution is -0.137. The van der Waals surface area contributed by atoms with Crippen LogP contribution in [0, 0.1) is 23.2 Å². The zero-order chi connectivity index (χ0) is 21.6. The predicted octanol–water partition coefficient (Wildman–Crippen LogP) is 3.00. The number of nitrogens with two attached hydrogens (primary N) is 1. The van der Waals surface area contributed by atoms with Crippen molar-refractivity contribution in [2.45, 2.75) is 31.5 Å². The molecular formula is C20H20F3N5O. The van der Waals surface area contributed by atoms with Crippen LogP contribution in [0.4, 0.5) is 13.2 Å². The lowest BCUT2D eigenvalue weighted by Gasteiger charge is -2.46. The van der Waals surface area contributed by atoms with Gasteiger partial charge < -0.3 is 5.73 Å². The number of carbonyl (C=O) groups is 1. The van der Waals surface area contributed by atoms with Crippen molar-refractivity contribution in [1.82, 2.24) is 9.88 Å². The normalized spacial score (nSPS) is 29.9. The molecule has 6 nitrogen and oxygen atoms in total. The van der Waals surface area contributed by atoms with Crippen LogP contribution in [-0.4, -0.2) is 34.3 Å². The Morgan fingerprint density at radius 1 is 1.34 bits per heavy atom. The van der Waals surface area contributed by atoms with E-state index in [1.54, 1.807) is 19.1 Å². The molecule has 1 aromatic heterocycles. The quantitative estimate of drug-likeness (QED) is 0.821. The van der Waals surface area contributed by atoms with E-state index in [2.05, 4.69) is 16.0 Å². The van der Waals surface area contributed by atoms with Gasteiger partial charge in [0.05, 0.1) is 22.9 Å². The van der Waals surface area contributed by atoms with Crippen molar-refractivity contribution >= 4 is 11.9 Å². The van der Waals surface area contributed by atoms with Crippen LogP contribution in [0.15, 0.2) is 47.1 Å². The van der Waals surface area contributed by atoms with Crippen molar-refractivity contribution in [3.8, 4) is 6.07 Å². The highest BCUT2D eigenvalue weighted by Crippen LogP contribution is 2.46. The molecule has 0 bridgehead atoms. The van der Waals surface area contributed by atoms with Gasteiger partial charge in [-0.05, 0) is 31.1 Å². The highest BCUT2D eigenvalue weighted by molar-refractivity contribution is 6.02. The molecule has 3 rings (SSSR count). The molecule has 1 aliphatic carbocycles. The summed E-state index contributed by atoms with van der Waals surface area (Å²) in [4.78, 5) is 22.8. The Labute approximate surface area is 166 Å². The maximum atomic E-state index is 13.1. The average Bonchev–Trinajstić information content (AvgIpc) is 2.66. The molecular weight excluding hydrogens is 383 g/mol. The van der Waals surface area contributed by atoms with E-state index in [-0.39, 0.29) is 23.5 Å². The van der Waals surface area contributed by atoms with Crippen LogP contribution in [-0.2, 0) is 11.0 Å². The number of aromatic nitrogens is 1. The summed E-state index contributed by atoms with van der Waals surface area (Å²) < 4.78 is 38.8. The molecule has 0 spiro atoms. The maximum absolute atomic E-state index is 13.1. The third-order valence-electron chi connectivity index (χ3n) is 5.70. The number of rotatable bonds is 2. The van der Waals surface area contributed by atoms with Gasteiger partial charge in [0.2, 0.25) is 5.91 Å². The van der Waals surface area contributed by atoms with Crippen LogP contribution >= 0.6 is 0 Å². The van der Waals surface area contributed by atoms with Gasteiger partial charge in [0.1, 0.15) is 5.92 Å². The molecule has 0 saturated heterocycles. The van der Waals surface area contributed by atoms with E-state index in [1.807, 2.05) is 13.0 Å². The number of amides is 1. The Morgan fingerprint density at radius 2 is 2.03 bits per heavy atom. The minimum absolute atomic E-state index is 0.00863. The van der Waals surface area contributed by atoms with Crippen LogP contribution in [0.3, 0.4) is 0 Å². The third-order valence-corrected chi connectivity index (χ3v) is 5.70. The number of halogens is 3. The van der Waals surface area contributed by atoms with E-state index in [0.717, 1.165) is 6.07 Å². The van der Waals surface area contributed by atoms with Gasteiger partial charge in [0.25, 0.3) is 0 Å². The summed E-state index contributed by atoms with van der Waals surface area (Å²) in [5.41, 5.74) is 4.63. The number of alkyl halides is 3. The first-order valence-corrected chi connectivity index (χ1v) is 8.95. The Balaban J connectivity index is 2.13. The standard InChI is InChI=1S/C20H20F3N5O/c1-11-12(9-24)5-4-6-14(11)19(2)16(17(29)28(3)18(25)27-19)15-8-7-13(10-26-15)20(21,22)23/h4-8,10-11,14,16H,1-3H3,(H2,25,27)/t11?,14?,16-,19-/m1/s1. The molecule has 0 fully saturated rings. The highest BCUT2D eigenvalue weighted by atomic mass is 19.4. The summed E-state index contributed by atoms with van der Waals surface area (Å²) in [5.74, 6) is -2.01. The molecule has 2 heterocycles. The molecule has 4 atom stereocenters. The summed E-state index contributed by atoms with van der Waals surface area (Å²) in [7, 11) is 1.46. The summed E-state index contributed by atoms with van der Waals surface area (Å²) in [6.07, 6.45) is 1.45. The average molecular weight is 403 g/mol. The number of allylic oxidation sites excluding steroid dienone is 3. The van der Waals surface area contributed by atoms with Gasteiger partial charge in [-0.3, -0.25) is 14.7 Å². The largest absolute Gasteiger partial charge is 0.417 e. The number of nitriles is 1. The molecule has 0 radical (unpaired) electrons. The molecule has 0 saturated carbocycles. The number of carbonyl (C=O) groups excluding carboxylic acids is 1. The van der Waals surface area contributed by atoms with Crippen molar-refractivity contribution in [2.75, 3.05) is 7.05 Å². The molecule has 1 aliphatic heterocycles. The Kier molecular flexibility index (Phi) is 4.99. The second-order valence-electron chi connectivity index (χ2n) is 7.43. The van der Waals surface area contributed by atoms with E-state index in [0.29, 0.717) is 11.8 Å². The smallest absolute Gasteiger partial charge is 0.369 e. The summed E-state index contributed by atoms with van der Waals surface area (Å²) in [6.45, 7) is 3.57. The van der Waals surface area contributed by atoms with Crippen molar-refractivity contribution in [3.63, 3.8) is 0 Å². The van der Waals surface area contributed by atoms with E-state index in [1.165, 1.54) is 18.0 Å². The molecule has 0 aromatic carbocycles. The van der Waals surface area contributed by atoms with Gasteiger partial charge in [0, 0.05) is 24.7 Å². The van der Waals surface area contributed by atoms with Gasteiger partial charge in [0.15, 0.2) is 5.96 Å². The molecule has 29 heavy (non-hydrogen) atoms. The van der Waals surface area contributed by atoms with E-state index < -0.39 is 29.1 Å². The lowest BCUT2D eigenvalue weighted by Crippen LogP contribution is -2.57. The fourth-order valence-electron chi connectivity index (χ4n) is 4.01. The fraction of sp³-hybridized carbons (Fsp3) is 0.400. The second kappa shape index (κ2) is 7.03. The SMILES string of the molecule is CC1C(C#N)=CC=CC1[C@@]1(C)N=C(N)N(C)C(=O)[C@H]1c1ccc(C(F)(F)F)cn1. The van der Waals surface area contributed by atoms with Crippen LogP contribution in [0.25, 0.3) is 0 Å². The molecule has 9 heteroatoms. The van der Waals surface area contributed by atoms with E-state index in [9.17, 15) is 23.2 Å². The van der Waals surface area contributed by atoms with Crippen molar-refractivity contribution in [1.29, 1.82) is 5.26 Å². The fourth-order valence-corrected chi connectivity index (χ4v) is 4.01. The second-order valence-corrected chi connectivity index (χ2v) is 7.43. The van der Waals surface area contributed by atoms with Gasteiger partial charge in [-0.2, -0.15) is 18.4 Å². The van der Waals surface area contributed by atoms with Gasteiger partial charge >= 0.3 is 6.18 Å². The van der Waals surface area contributed by atoms with Crippen LogP contribution in [0.1, 0.15) is 31.0 Å². The molecule has 2 unspecified atom stereocenters. The van der Waals surface area contributed by atoms with Crippen LogP contribution in [0.2, 0.25) is 0 Å². The minimum atomic E-state index is -4.53. The molecule has 152 valence electrons. The zero-order valence-corrected chi connectivity index (χ0v) is 16.1.